The number of aromatic nitrogens is 1. The van der Waals surface area contributed by atoms with Crippen LogP contribution in [-0.2, 0) is 4.79 Å². The number of Topliss-reactive ketones (excluding diaryl/α,β-unsaturated/α-hetero) is 1. The van der Waals surface area contributed by atoms with Gasteiger partial charge in [0.2, 0.25) is 0 Å². The number of fused-ring (bicyclic) bond motifs is 1. The quantitative estimate of drug-likeness (QED) is 0.214. The smallest absolute Gasteiger partial charge is 0.294 e. The predicted molar refractivity (Wildman–Crippen MR) is 162 cm³/mol. The van der Waals surface area contributed by atoms with Crippen molar-refractivity contribution in [3.8, 4) is 0 Å². The monoisotopic (exact) mass is 570 g/mol. The number of benzene rings is 3. The van der Waals surface area contributed by atoms with Crippen molar-refractivity contribution >= 4 is 40.1 Å². The van der Waals surface area contributed by atoms with E-state index in [0.29, 0.717) is 47.7 Å². The van der Waals surface area contributed by atoms with Gasteiger partial charge >= 0.3 is 0 Å². The largest absolute Gasteiger partial charge is 0.360 e. The lowest BCUT2D eigenvalue weighted by molar-refractivity contribution is -0.125. The highest BCUT2D eigenvalue weighted by atomic mass is 35.5. The molecule has 1 saturated heterocycles. The molecule has 2 heterocycles. The van der Waals surface area contributed by atoms with Crippen LogP contribution in [0, 0.1) is 0 Å². The van der Waals surface area contributed by atoms with Crippen molar-refractivity contribution < 1.29 is 14.4 Å². The molecule has 4 aromatic rings. The molecular weight excluding hydrogens is 536 g/mol. The van der Waals surface area contributed by atoms with Crippen LogP contribution in [0.15, 0.2) is 79.0 Å². The number of H-pyrrole nitrogens is 1. The summed E-state index contributed by atoms with van der Waals surface area (Å²) in [6, 6.07) is 24.2. The number of ketones is 1. The molecule has 1 aromatic heterocycles. The zero-order valence-corrected chi connectivity index (χ0v) is 24.4. The van der Waals surface area contributed by atoms with E-state index in [4.69, 9.17) is 11.6 Å². The second kappa shape index (κ2) is 12.3. The third-order valence-corrected chi connectivity index (χ3v) is 8.17. The Kier molecular flexibility index (Phi) is 8.57. The molecule has 2 amide bonds. The van der Waals surface area contributed by atoms with Gasteiger partial charge in [0, 0.05) is 56.4 Å². The zero-order valence-electron chi connectivity index (χ0n) is 23.6. The molecule has 0 saturated carbocycles. The van der Waals surface area contributed by atoms with Crippen LogP contribution in [0.5, 0.6) is 0 Å². The molecule has 0 bridgehead atoms. The Bertz CT molecular complexity index is 1510. The molecule has 212 valence electrons. The normalized spacial score (nSPS) is 15.8. The molecule has 0 radical (unpaired) electrons. The molecule has 1 aliphatic rings. The van der Waals surface area contributed by atoms with Crippen LogP contribution >= 0.6 is 11.6 Å². The third-order valence-electron chi connectivity index (χ3n) is 7.86. The van der Waals surface area contributed by atoms with Crippen molar-refractivity contribution in [3.63, 3.8) is 0 Å². The molecule has 8 heteroatoms. The van der Waals surface area contributed by atoms with E-state index in [0.717, 1.165) is 6.42 Å². The first-order valence-corrected chi connectivity index (χ1v) is 14.4. The van der Waals surface area contributed by atoms with Gasteiger partial charge in [-0.15, -0.1) is 0 Å². The summed E-state index contributed by atoms with van der Waals surface area (Å²) in [5, 5.41) is 0.819. The van der Waals surface area contributed by atoms with Gasteiger partial charge < -0.3 is 14.8 Å². The van der Waals surface area contributed by atoms with Crippen LogP contribution in [-0.4, -0.2) is 76.5 Å². The van der Waals surface area contributed by atoms with Gasteiger partial charge in [0.1, 0.15) is 0 Å². The Morgan fingerprint density at radius 2 is 1.61 bits per heavy atom. The standard InChI is InChI=1S/C33H35ClN4O3/c1-4-15-36(3)33(41)31(39)27-20-35-29-19-28(34)26(18-25(27)29)32(40)38-17-16-37(21-22(38)2)30(23-11-7-5-8-12-23)24-13-9-6-10-14-24/h5-14,18-20,22,30,35H,4,15-17,21H2,1-3H3. The number of likely N-dealkylation sites (N-methyl/N-ethyl adjacent to an activating group) is 1. The first-order chi connectivity index (χ1) is 19.8. The van der Waals surface area contributed by atoms with Gasteiger partial charge in [-0.1, -0.05) is 79.2 Å². The summed E-state index contributed by atoms with van der Waals surface area (Å²) in [7, 11) is 1.62. The number of rotatable bonds is 8. The highest BCUT2D eigenvalue weighted by molar-refractivity contribution is 6.45. The molecular formula is C33H35ClN4O3. The molecule has 3 aromatic carbocycles. The first kappa shape index (κ1) is 28.6. The molecule has 0 aliphatic carbocycles. The highest BCUT2D eigenvalue weighted by Crippen LogP contribution is 2.32. The molecule has 1 atom stereocenters. The number of carbonyl (C=O) groups excluding carboxylic acids is 3. The van der Waals surface area contributed by atoms with Gasteiger partial charge in [-0.2, -0.15) is 0 Å². The number of hydrogen-bond acceptors (Lipinski definition) is 4. The van der Waals surface area contributed by atoms with Crippen LogP contribution < -0.4 is 0 Å². The van der Waals surface area contributed by atoms with E-state index in [1.54, 1.807) is 19.2 Å². The van der Waals surface area contributed by atoms with E-state index in [1.165, 1.54) is 22.2 Å². The van der Waals surface area contributed by atoms with Gasteiger partial charge in [0.15, 0.2) is 0 Å². The number of halogens is 1. The van der Waals surface area contributed by atoms with Crippen molar-refractivity contribution in [3.05, 3.63) is 106 Å². The molecule has 0 spiro atoms. The van der Waals surface area contributed by atoms with Crippen LogP contribution in [0.1, 0.15) is 58.2 Å². The minimum atomic E-state index is -0.609. The number of hydrogen-bond donors (Lipinski definition) is 1. The van der Waals surface area contributed by atoms with Gasteiger partial charge in [0.25, 0.3) is 17.6 Å². The average Bonchev–Trinajstić information content (AvgIpc) is 3.39. The number of piperazine rings is 1. The number of amides is 2. The lowest BCUT2D eigenvalue weighted by Crippen LogP contribution is -2.54. The molecule has 1 fully saturated rings. The second-order valence-corrected chi connectivity index (χ2v) is 11.1. The molecule has 1 unspecified atom stereocenters. The van der Waals surface area contributed by atoms with E-state index >= 15 is 0 Å². The number of nitrogens with one attached hydrogen (secondary N) is 1. The summed E-state index contributed by atoms with van der Waals surface area (Å²) >= 11 is 6.61. The summed E-state index contributed by atoms with van der Waals surface area (Å²) in [6.07, 6.45) is 2.27. The van der Waals surface area contributed by atoms with E-state index in [2.05, 4.69) is 65.3 Å². The average molecular weight is 571 g/mol. The van der Waals surface area contributed by atoms with Crippen LogP contribution in [0.2, 0.25) is 5.02 Å². The summed E-state index contributed by atoms with van der Waals surface area (Å²) in [5.74, 6) is -1.37. The summed E-state index contributed by atoms with van der Waals surface area (Å²) in [4.78, 5) is 48.3. The van der Waals surface area contributed by atoms with E-state index in [1.807, 2.05) is 24.0 Å². The predicted octanol–water partition coefficient (Wildman–Crippen LogP) is 5.81. The SMILES string of the molecule is CCCN(C)C(=O)C(=O)c1c[nH]c2cc(Cl)c(C(=O)N3CCN(C(c4ccccc4)c4ccccc4)CC3C)cc12. The Hall–Kier alpha value is -3.94. The number of carbonyl (C=O) groups is 3. The summed E-state index contributed by atoms with van der Waals surface area (Å²) in [5.41, 5.74) is 3.59. The summed E-state index contributed by atoms with van der Waals surface area (Å²) in [6.45, 7) is 6.40. The number of aromatic amines is 1. The minimum absolute atomic E-state index is 0.0745. The van der Waals surface area contributed by atoms with Crippen molar-refractivity contribution in [2.45, 2.75) is 32.4 Å². The van der Waals surface area contributed by atoms with Gasteiger partial charge in [-0.3, -0.25) is 19.3 Å². The maximum atomic E-state index is 13.9. The maximum Gasteiger partial charge on any atom is 0.294 e. The van der Waals surface area contributed by atoms with Crippen LogP contribution in [0.4, 0.5) is 0 Å². The fourth-order valence-corrected chi connectivity index (χ4v) is 6.03. The number of nitrogens with zero attached hydrogens (tertiary/aromatic N) is 3. The molecule has 41 heavy (non-hydrogen) atoms. The summed E-state index contributed by atoms with van der Waals surface area (Å²) < 4.78 is 0. The van der Waals surface area contributed by atoms with Gasteiger partial charge in [-0.25, -0.2) is 0 Å². The van der Waals surface area contributed by atoms with E-state index < -0.39 is 11.7 Å². The van der Waals surface area contributed by atoms with Crippen molar-refractivity contribution in [2.24, 2.45) is 0 Å². The molecule has 1 aliphatic heterocycles. The van der Waals surface area contributed by atoms with Crippen LogP contribution in [0.25, 0.3) is 10.9 Å². The maximum absolute atomic E-state index is 13.9. The van der Waals surface area contributed by atoms with Crippen LogP contribution in [0.3, 0.4) is 0 Å². The minimum Gasteiger partial charge on any atom is -0.360 e. The third kappa shape index (κ3) is 5.78. The van der Waals surface area contributed by atoms with Gasteiger partial charge in [-0.05, 0) is 36.6 Å². The highest BCUT2D eigenvalue weighted by Gasteiger charge is 2.34. The van der Waals surface area contributed by atoms with Crippen molar-refractivity contribution in [1.29, 1.82) is 0 Å². The molecule has 7 nitrogen and oxygen atoms in total. The second-order valence-electron chi connectivity index (χ2n) is 10.7. The Labute approximate surface area is 245 Å². The Morgan fingerprint density at radius 3 is 2.20 bits per heavy atom. The lowest BCUT2D eigenvalue weighted by atomic mass is 9.95. The topological polar surface area (TPSA) is 76.7 Å². The van der Waals surface area contributed by atoms with Crippen molar-refractivity contribution in [1.82, 2.24) is 19.7 Å². The molecule has 5 rings (SSSR count). The lowest BCUT2D eigenvalue weighted by Gasteiger charge is -2.43. The first-order valence-electron chi connectivity index (χ1n) is 14.1. The zero-order chi connectivity index (χ0) is 29.1. The van der Waals surface area contributed by atoms with Crippen molar-refractivity contribution in [2.75, 3.05) is 33.2 Å². The Morgan fingerprint density at radius 1 is 0.976 bits per heavy atom. The van der Waals surface area contributed by atoms with E-state index in [9.17, 15) is 14.4 Å². The van der Waals surface area contributed by atoms with E-state index in [-0.39, 0.29) is 23.6 Å². The van der Waals surface area contributed by atoms with Gasteiger partial charge in [0.05, 0.1) is 22.2 Å². The fourth-order valence-electron chi connectivity index (χ4n) is 5.78. The fraction of sp³-hybridized carbons (Fsp3) is 0.303. The molecule has 1 N–H and O–H groups in total. The Balaban J connectivity index is 1.39.